The average Bonchev–Trinajstić information content (AvgIpc) is 2.95. The van der Waals surface area contributed by atoms with Crippen molar-refractivity contribution in [1.82, 2.24) is 0 Å². The van der Waals surface area contributed by atoms with Gasteiger partial charge in [0, 0.05) is 39.5 Å². The van der Waals surface area contributed by atoms with Gasteiger partial charge in [0.15, 0.2) is 0 Å². The number of rotatable bonds is 6. The zero-order valence-corrected chi connectivity index (χ0v) is 19.8. The summed E-state index contributed by atoms with van der Waals surface area (Å²) in [5.41, 5.74) is 3.52. The molecule has 3 aromatic carbocycles. The Bertz CT molecular complexity index is 1210. The van der Waals surface area contributed by atoms with Crippen molar-refractivity contribution in [3.05, 3.63) is 82.3 Å². The molecule has 0 saturated carbocycles. The van der Waals surface area contributed by atoms with Gasteiger partial charge < -0.3 is 19.7 Å². The second-order valence-corrected chi connectivity index (χ2v) is 8.24. The number of nitrogens with zero attached hydrogens (tertiary/aromatic N) is 2. The standard InChI is InChI=1S/C25H22BrN3O4/c1-32-19-11-18(12-20(13-19)33-2)28-23(30)15-29-22-9-8-17(26)10-21(22)25(27-14-24(29)31)16-6-4-3-5-7-16/h3-13H,14-15H2,1-2H3,(H,28,30). The van der Waals surface area contributed by atoms with Crippen molar-refractivity contribution < 1.29 is 19.1 Å². The number of carbonyl (C=O) groups excluding carboxylic acids is 2. The monoisotopic (exact) mass is 507 g/mol. The fraction of sp³-hybridized carbons (Fsp3) is 0.160. The molecule has 0 radical (unpaired) electrons. The highest BCUT2D eigenvalue weighted by atomic mass is 79.9. The largest absolute Gasteiger partial charge is 0.497 e. The number of ether oxygens (including phenoxy) is 2. The smallest absolute Gasteiger partial charge is 0.249 e. The summed E-state index contributed by atoms with van der Waals surface area (Å²) in [6, 6.07) is 20.4. The van der Waals surface area contributed by atoms with Gasteiger partial charge in [0.1, 0.15) is 24.6 Å². The van der Waals surface area contributed by atoms with E-state index in [1.165, 1.54) is 19.1 Å². The third-order valence-corrected chi connectivity index (χ3v) is 5.66. The third kappa shape index (κ3) is 5.06. The van der Waals surface area contributed by atoms with E-state index in [2.05, 4.69) is 26.2 Å². The summed E-state index contributed by atoms with van der Waals surface area (Å²) < 4.78 is 11.4. The van der Waals surface area contributed by atoms with Gasteiger partial charge in [-0.3, -0.25) is 14.6 Å². The topological polar surface area (TPSA) is 80.2 Å². The van der Waals surface area contributed by atoms with Crippen LogP contribution in [0, 0.1) is 0 Å². The van der Waals surface area contributed by atoms with Crippen LogP contribution in [-0.4, -0.2) is 44.8 Å². The van der Waals surface area contributed by atoms with Crippen molar-refractivity contribution in [2.75, 3.05) is 37.5 Å². The van der Waals surface area contributed by atoms with Crippen LogP contribution in [0.1, 0.15) is 11.1 Å². The fourth-order valence-corrected chi connectivity index (χ4v) is 3.99. The molecule has 0 fully saturated rings. The van der Waals surface area contributed by atoms with Gasteiger partial charge in [-0.25, -0.2) is 0 Å². The lowest BCUT2D eigenvalue weighted by Gasteiger charge is -2.23. The highest BCUT2D eigenvalue weighted by molar-refractivity contribution is 9.10. The van der Waals surface area contributed by atoms with Crippen LogP contribution in [0.4, 0.5) is 11.4 Å². The number of anilines is 2. The van der Waals surface area contributed by atoms with Crippen molar-refractivity contribution >= 4 is 44.8 Å². The molecule has 0 spiro atoms. The molecular formula is C25H22BrN3O4. The van der Waals surface area contributed by atoms with E-state index in [-0.39, 0.29) is 24.9 Å². The molecule has 1 aliphatic heterocycles. The zero-order chi connectivity index (χ0) is 23.4. The number of methoxy groups -OCH3 is 2. The van der Waals surface area contributed by atoms with Crippen LogP contribution < -0.4 is 19.7 Å². The second kappa shape index (κ2) is 9.87. The Hall–Kier alpha value is -3.65. The van der Waals surface area contributed by atoms with Crippen molar-refractivity contribution in [3.63, 3.8) is 0 Å². The third-order valence-electron chi connectivity index (χ3n) is 5.16. The first-order chi connectivity index (χ1) is 16.0. The maximum atomic E-state index is 13.0. The lowest BCUT2D eigenvalue weighted by molar-refractivity contribution is -0.120. The minimum atomic E-state index is -0.351. The van der Waals surface area contributed by atoms with Crippen LogP contribution in [0.15, 0.2) is 76.2 Å². The van der Waals surface area contributed by atoms with Crippen molar-refractivity contribution in [3.8, 4) is 11.5 Å². The molecule has 8 heteroatoms. The molecule has 0 bridgehead atoms. The molecule has 0 unspecified atom stereocenters. The van der Waals surface area contributed by atoms with Gasteiger partial charge in [0.05, 0.1) is 25.6 Å². The number of fused-ring (bicyclic) bond motifs is 1. The highest BCUT2D eigenvalue weighted by Gasteiger charge is 2.27. The predicted octanol–water partition coefficient (Wildman–Crippen LogP) is 4.29. The second-order valence-electron chi connectivity index (χ2n) is 7.32. The average molecular weight is 508 g/mol. The van der Waals surface area contributed by atoms with Gasteiger partial charge in [-0.15, -0.1) is 0 Å². The number of benzene rings is 3. The van der Waals surface area contributed by atoms with Crippen molar-refractivity contribution in [2.24, 2.45) is 4.99 Å². The van der Waals surface area contributed by atoms with E-state index < -0.39 is 0 Å². The Morgan fingerprint density at radius 1 is 1.03 bits per heavy atom. The molecule has 1 heterocycles. The molecule has 33 heavy (non-hydrogen) atoms. The molecule has 3 aromatic rings. The molecule has 0 aliphatic carbocycles. The van der Waals surface area contributed by atoms with Gasteiger partial charge in [0.2, 0.25) is 11.8 Å². The SMILES string of the molecule is COc1cc(NC(=O)CN2C(=O)CN=C(c3ccccc3)c3cc(Br)ccc32)cc(OC)c1. The number of benzodiazepines with no additional fused rings is 1. The Balaban J connectivity index is 1.64. The van der Waals surface area contributed by atoms with Crippen LogP contribution in [0.3, 0.4) is 0 Å². The first-order valence-corrected chi connectivity index (χ1v) is 11.0. The van der Waals surface area contributed by atoms with E-state index in [9.17, 15) is 9.59 Å². The summed E-state index contributed by atoms with van der Waals surface area (Å²) in [5, 5.41) is 2.83. The van der Waals surface area contributed by atoms with Gasteiger partial charge in [0.25, 0.3) is 0 Å². The summed E-state index contributed by atoms with van der Waals surface area (Å²) in [7, 11) is 3.07. The van der Waals surface area contributed by atoms with Crippen molar-refractivity contribution in [2.45, 2.75) is 0 Å². The lowest BCUT2D eigenvalue weighted by Crippen LogP contribution is -2.39. The minimum Gasteiger partial charge on any atom is -0.497 e. The summed E-state index contributed by atoms with van der Waals surface area (Å²) >= 11 is 3.51. The Morgan fingerprint density at radius 3 is 2.39 bits per heavy atom. The predicted molar refractivity (Wildman–Crippen MR) is 132 cm³/mol. The molecule has 0 saturated heterocycles. The quantitative estimate of drug-likeness (QED) is 0.539. The number of amides is 2. The summed E-state index contributed by atoms with van der Waals surface area (Å²) in [6.07, 6.45) is 0. The van der Waals surface area contributed by atoms with Crippen LogP contribution in [0.25, 0.3) is 0 Å². The lowest BCUT2D eigenvalue weighted by atomic mass is 10.0. The number of hydrogen-bond acceptors (Lipinski definition) is 5. The Labute approximate surface area is 200 Å². The molecule has 1 N–H and O–H groups in total. The molecule has 0 atom stereocenters. The summed E-state index contributed by atoms with van der Waals surface area (Å²) in [6.45, 7) is -0.221. The van der Waals surface area contributed by atoms with Crippen molar-refractivity contribution in [1.29, 1.82) is 0 Å². The Kier molecular flexibility index (Phi) is 6.74. The van der Waals surface area contributed by atoms with E-state index in [1.807, 2.05) is 48.5 Å². The molecule has 0 aromatic heterocycles. The van der Waals surface area contributed by atoms with E-state index in [0.29, 0.717) is 28.6 Å². The molecule has 1 aliphatic rings. The number of aliphatic imine (C=N–C) groups is 1. The number of halogens is 1. The van der Waals surface area contributed by atoms with Crippen LogP contribution in [0.5, 0.6) is 11.5 Å². The van der Waals surface area contributed by atoms with Gasteiger partial charge in [-0.1, -0.05) is 46.3 Å². The van der Waals surface area contributed by atoms with Crippen LogP contribution in [0.2, 0.25) is 0 Å². The molecule has 168 valence electrons. The Morgan fingerprint density at radius 2 is 1.73 bits per heavy atom. The number of hydrogen-bond donors (Lipinski definition) is 1. The maximum absolute atomic E-state index is 13.0. The first-order valence-electron chi connectivity index (χ1n) is 10.2. The summed E-state index contributed by atoms with van der Waals surface area (Å²) in [4.78, 5) is 32.0. The van der Waals surface area contributed by atoms with Crippen LogP contribution in [-0.2, 0) is 9.59 Å². The molecule has 7 nitrogen and oxygen atoms in total. The summed E-state index contributed by atoms with van der Waals surface area (Å²) in [5.74, 6) is 0.483. The highest BCUT2D eigenvalue weighted by Crippen LogP contribution is 2.30. The van der Waals surface area contributed by atoms with E-state index >= 15 is 0 Å². The number of nitrogens with one attached hydrogen (secondary N) is 1. The van der Waals surface area contributed by atoms with E-state index in [4.69, 9.17) is 9.47 Å². The minimum absolute atomic E-state index is 0.0587. The maximum Gasteiger partial charge on any atom is 0.249 e. The molecular weight excluding hydrogens is 486 g/mol. The number of carbonyl (C=O) groups is 2. The van der Waals surface area contributed by atoms with Gasteiger partial charge in [-0.2, -0.15) is 0 Å². The van der Waals surface area contributed by atoms with Gasteiger partial charge in [-0.05, 0) is 18.2 Å². The fourth-order valence-electron chi connectivity index (χ4n) is 3.62. The van der Waals surface area contributed by atoms with E-state index in [0.717, 1.165) is 15.6 Å². The molecule has 2 amide bonds. The zero-order valence-electron chi connectivity index (χ0n) is 18.2. The van der Waals surface area contributed by atoms with E-state index in [1.54, 1.807) is 18.2 Å². The molecule has 4 rings (SSSR count). The first kappa shape index (κ1) is 22.5. The normalized spacial score (nSPS) is 13.0. The van der Waals surface area contributed by atoms with Crippen LogP contribution >= 0.6 is 15.9 Å². The van der Waals surface area contributed by atoms with Gasteiger partial charge >= 0.3 is 0 Å².